The summed E-state index contributed by atoms with van der Waals surface area (Å²) in [6.45, 7) is 2.05. The standard InChI is InChI=1S/C8H10BrNS2/c1-5(8(10)11)4-6-2-3-7(9)12-6/h2-3,5H,4H2,1H3,(H2,10,11). The second kappa shape index (κ2) is 4.35. The summed E-state index contributed by atoms with van der Waals surface area (Å²) in [5.74, 6) is 0.297. The second-order valence-corrected chi connectivity index (χ2v) is 5.73. The fourth-order valence-corrected chi connectivity index (χ4v) is 2.56. The van der Waals surface area contributed by atoms with Gasteiger partial charge in [-0.15, -0.1) is 11.3 Å². The van der Waals surface area contributed by atoms with Gasteiger partial charge in [-0.25, -0.2) is 0 Å². The fraction of sp³-hybridized carbons (Fsp3) is 0.375. The average molecular weight is 264 g/mol. The van der Waals surface area contributed by atoms with Crippen LogP contribution < -0.4 is 5.73 Å². The molecule has 1 nitrogen and oxygen atoms in total. The third-order valence-corrected chi connectivity index (χ3v) is 3.67. The van der Waals surface area contributed by atoms with E-state index in [1.165, 1.54) is 4.88 Å². The SMILES string of the molecule is CC(Cc1ccc(Br)s1)C(N)=S. The van der Waals surface area contributed by atoms with Crippen LogP contribution in [0.3, 0.4) is 0 Å². The fourth-order valence-electron chi connectivity index (χ4n) is 0.864. The Morgan fingerprint density at radius 2 is 2.42 bits per heavy atom. The van der Waals surface area contributed by atoms with Crippen molar-refractivity contribution in [2.75, 3.05) is 0 Å². The van der Waals surface area contributed by atoms with E-state index < -0.39 is 0 Å². The van der Waals surface area contributed by atoms with Crippen molar-refractivity contribution in [1.29, 1.82) is 0 Å². The van der Waals surface area contributed by atoms with Crippen molar-refractivity contribution in [2.24, 2.45) is 11.7 Å². The summed E-state index contributed by atoms with van der Waals surface area (Å²) in [5.41, 5.74) is 5.51. The van der Waals surface area contributed by atoms with E-state index in [2.05, 4.69) is 28.9 Å². The van der Waals surface area contributed by atoms with Crippen LogP contribution in [-0.4, -0.2) is 4.99 Å². The zero-order valence-corrected chi connectivity index (χ0v) is 9.93. The van der Waals surface area contributed by atoms with Gasteiger partial charge in [0.15, 0.2) is 0 Å². The molecule has 0 aliphatic carbocycles. The summed E-state index contributed by atoms with van der Waals surface area (Å²) < 4.78 is 1.16. The number of hydrogen-bond acceptors (Lipinski definition) is 2. The maximum Gasteiger partial charge on any atom is 0.0759 e. The van der Waals surface area contributed by atoms with Crippen LogP contribution in [0.1, 0.15) is 11.8 Å². The molecule has 0 bridgehead atoms. The molecule has 0 aliphatic rings. The van der Waals surface area contributed by atoms with Crippen molar-refractivity contribution >= 4 is 44.5 Å². The largest absolute Gasteiger partial charge is 0.393 e. The van der Waals surface area contributed by atoms with Gasteiger partial charge in [-0.05, 0) is 34.5 Å². The molecule has 1 aromatic heterocycles. The van der Waals surface area contributed by atoms with Crippen molar-refractivity contribution in [3.8, 4) is 0 Å². The monoisotopic (exact) mass is 263 g/mol. The van der Waals surface area contributed by atoms with E-state index in [1.807, 2.05) is 6.07 Å². The molecule has 1 aromatic rings. The molecule has 0 fully saturated rings. The molecule has 1 rings (SSSR count). The first-order valence-electron chi connectivity index (χ1n) is 3.63. The lowest BCUT2D eigenvalue weighted by Crippen LogP contribution is -2.19. The van der Waals surface area contributed by atoms with Gasteiger partial charge < -0.3 is 5.73 Å². The molecule has 66 valence electrons. The highest BCUT2D eigenvalue weighted by molar-refractivity contribution is 9.11. The first-order valence-corrected chi connectivity index (χ1v) is 5.65. The van der Waals surface area contributed by atoms with Gasteiger partial charge in [0.05, 0.1) is 8.77 Å². The zero-order chi connectivity index (χ0) is 9.14. The van der Waals surface area contributed by atoms with Gasteiger partial charge in [-0.1, -0.05) is 19.1 Å². The zero-order valence-electron chi connectivity index (χ0n) is 6.71. The van der Waals surface area contributed by atoms with Crippen LogP contribution in [0, 0.1) is 5.92 Å². The number of thiophene rings is 1. The lowest BCUT2D eigenvalue weighted by molar-refractivity contribution is 0.782. The van der Waals surface area contributed by atoms with Crippen LogP contribution in [0.5, 0.6) is 0 Å². The number of nitrogens with two attached hydrogens (primary N) is 1. The van der Waals surface area contributed by atoms with E-state index in [0.29, 0.717) is 10.9 Å². The maximum atomic E-state index is 5.51. The maximum absolute atomic E-state index is 5.51. The van der Waals surface area contributed by atoms with E-state index in [4.69, 9.17) is 18.0 Å². The molecular weight excluding hydrogens is 254 g/mol. The molecule has 4 heteroatoms. The van der Waals surface area contributed by atoms with Gasteiger partial charge in [-0.3, -0.25) is 0 Å². The van der Waals surface area contributed by atoms with E-state index >= 15 is 0 Å². The van der Waals surface area contributed by atoms with Crippen LogP contribution >= 0.6 is 39.5 Å². The number of rotatable bonds is 3. The molecule has 1 atom stereocenters. The summed E-state index contributed by atoms with van der Waals surface area (Å²) in [6.07, 6.45) is 0.950. The number of thiocarbonyl (C=S) groups is 1. The molecule has 0 amide bonds. The average Bonchev–Trinajstić information content (AvgIpc) is 2.35. The summed E-state index contributed by atoms with van der Waals surface area (Å²) in [6, 6.07) is 4.15. The molecule has 0 saturated heterocycles. The topological polar surface area (TPSA) is 26.0 Å². The van der Waals surface area contributed by atoms with Gasteiger partial charge in [0, 0.05) is 10.8 Å². The summed E-state index contributed by atoms with van der Waals surface area (Å²) in [4.78, 5) is 1.92. The molecule has 1 unspecified atom stereocenters. The van der Waals surface area contributed by atoms with Crippen LogP contribution in [0.15, 0.2) is 15.9 Å². The Bertz CT molecular complexity index is 282. The smallest absolute Gasteiger partial charge is 0.0759 e. The highest BCUT2D eigenvalue weighted by Gasteiger charge is 2.07. The minimum absolute atomic E-state index is 0.297. The van der Waals surface area contributed by atoms with Crippen molar-refractivity contribution in [3.05, 3.63) is 20.8 Å². The van der Waals surface area contributed by atoms with Gasteiger partial charge in [-0.2, -0.15) is 0 Å². The van der Waals surface area contributed by atoms with Gasteiger partial charge in [0.25, 0.3) is 0 Å². The molecule has 0 spiro atoms. The third-order valence-electron chi connectivity index (χ3n) is 1.62. The molecule has 0 aliphatic heterocycles. The molecule has 0 aromatic carbocycles. The molecular formula is C8H10BrNS2. The summed E-state index contributed by atoms with van der Waals surface area (Å²) in [5, 5.41) is 0. The van der Waals surface area contributed by atoms with Crippen molar-refractivity contribution in [2.45, 2.75) is 13.3 Å². The van der Waals surface area contributed by atoms with E-state index in [0.717, 1.165) is 10.2 Å². The highest BCUT2D eigenvalue weighted by atomic mass is 79.9. The Morgan fingerprint density at radius 1 is 1.75 bits per heavy atom. The Kier molecular flexibility index (Phi) is 3.68. The van der Waals surface area contributed by atoms with E-state index in [9.17, 15) is 0 Å². The Labute approximate surface area is 90.1 Å². The Morgan fingerprint density at radius 3 is 2.83 bits per heavy atom. The van der Waals surface area contributed by atoms with Crippen LogP contribution in [0.4, 0.5) is 0 Å². The minimum atomic E-state index is 0.297. The van der Waals surface area contributed by atoms with Crippen molar-refractivity contribution < 1.29 is 0 Å². The van der Waals surface area contributed by atoms with Gasteiger partial charge >= 0.3 is 0 Å². The molecule has 1 heterocycles. The molecule has 2 N–H and O–H groups in total. The first kappa shape index (κ1) is 10.2. The normalized spacial score (nSPS) is 12.8. The van der Waals surface area contributed by atoms with Crippen LogP contribution in [0.25, 0.3) is 0 Å². The first-order chi connectivity index (χ1) is 5.59. The van der Waals surface area contributed by atoms with Crippen LogP contribution in [-0.2, 0) is 6.42 Å². The lowest BCUT2D eigenvalue weighted by atomic mass is 10.1. The second-order valence-electron chi connectivity index (χ2n) is 2.71. The Hall–Kier alpha value is 0.0700. The summed E-state index contributed by atoms with van der Waals surface area (Å²) >= 11 is 10.0. The van der Waals surface area contributed by atoms with Gasteiger partial charge in [0.2, 0.25) is 0 Å². The van der Waals surface area contributed by atoms with Gasteiger partial charge in [0.1, 0.15) is 0 Å². The molecule has 12 heavy (non-hydrogen) atoms. The van der Waals surface area contributed by atoms with E-state index in [-0.39, 0.29) is 0 Å². The number of hydrogen-bond donors (Lipinski definition) is 1. The van der Waals surface area contributed by atoms with Crippen molar-refractivity contribution in [1.82, 2.24) is 0 Å². The lowest BCUT2D eigenvalue weighted by Gasteiger charge is -2.06. The summed E-state index contributed by atoms with van der Waals surface area (Å²) in [7, 11) is 0. The quantitative estimate of drug-likeness (QED) is 0.849. The minimum Gasteiger partial charge on any atom is -0.393 e. The predicted octanol–water partition coefficient (Wildman–Crippen LogP) is 2.98. The van der Waals surface area contributed by atoms with Crippen molar-refractivity contribution in [3.63, 3.8) is 0 Å². The van der Waals surface area contributed by atoms with E-state index in [1.54, 1.807) is 11.3 Å². The predicted molar refractivity (Wildman–Crippen MR) is 61.7 cm³/mol. The molecule has 0 saturated carbocycles. The number of halogens is 1. The highest BCUT2D eigenvalue weighted by Crippen LogP contribution is 2.24. The third kappa shape index (κ3) is 2.84. The van der Waals surface area contributed by atoms with Crippen LogP contribution in [0.2, 0.25) is 0 Å². The molecule has 0 radical (unpaired) electrons. The Balaban J connectivity index is 2.58.